The molecule has 2 aromatic carbocycles. The molecule has 0 atom stereocenters. The van der Waals surface area contributed by atoms with Crippen LogP contribution in [0.1, 0.15) is 16.2 Å². The van der Waals surface area contributed by atoms with Gasteiger partial charge in [-0.15, -0.1) is 11.3 Å². The lowest BCUT2D eigenvalue weighted by Crippen LogP contribution is -2.10. The minimum absolute atomic E-state index is 0.442. The Kier molecular flexibility index (Phi) is 4.10. The van der Waals surface area contributed by atoms with Gasteiger partial charge in [0.15, 0.2) is 0 Å². The molecule has 3 N–H and O–H groups in total. The van der Waals surface area contributed by atoms with Crippen LogP contribution < -0.4 is 11.1 Å². The molecule has 0 saturated carbocycles. The number of fused-ring (bicyclic) bond motifs is 1. The number of hydrogen-bond acceptors (Lipinski definition) is 5. The van der Waals surface area contributed by atoms with Crippen molar-refractivity contribution < 1.29 is 4.79 Å². The molecule has 0 aliphatic rings. The van der Waals surface area contributed by atoms with Crippen LogP contribution in [-0.4, -0.2) is 15.9 Å². The van der Waals surface area contributed by atoms with Gasteiger partial charge in [0.05, 0.1) is 5.39 Å². The average molecular weight is 360 g/mol. The van der Waals surface area contributed by atoms with E-state index in [1.165, 1.54) is 0 Å². The van der Waals surface area contributed by atoms with Gasteiger partial charge in [-0.05, 0) is 42.8 Å². The summed E-state index contributed by atoms with van der Waals surface area (Å²) < 4.78 is 0. The van der Waals surface area contributed by atoms with Crippen molar-refractivity contribution in [3.63, 3.8) is 0 Å². The van der Waals surface area contributed by atoms with Gasteiger partial charge in [0.25, 0.3) is 0 Å². The molecule has 0 radical (unpaired) electrons. The molecule has 2 heterocycles. The van der Waals surface area contributed by atoms with Crippen molar-refractivity contribution in [1.82, 2.24) is 9.97 Å². The van der Waals surface area contributed by atoms with Gasteiger partial charge in [-0.3, -0.25) is 4.79 Å². The molecule has 0 fully saturated rings. The van der Waals surface area contributed by atoms with E-state index >= 15 is 0 Å². The summed E-state index contributed by atoms with van der Waals surface area (Å²) in [6.45, 7) is 1.88. The fourth-order valence-corrected chi connectivity index (χ4v) is 3.80. The van der Waals surface area contributed by atoms with Crippen LogP contribution in [0.4, 0.5) is 11.5 Å². The van der Waals surface area contributed by atoms with Gasteiger partial charge in [-0.1, -0.05) is 30.3 Å². The number of primary amides is 1. The van der Waals surface area contributed by atoms with Crippen molar-refractivity contribution in [3.8, 4) is 10.4 Å². The smallest absolute Gasteiger partial charge is 0.248 e. The lowest BCUT2D eigenvalue weighted by Gasteiger charge is -2.08. The third-order valence-corrected chi connectivity index (χ3v) is 5.07. The number of aryl methyl sites for hydroxylation is 1. The Labute approximate surface area is 154 Å². The zero-order valence-electron chi connectivity index (χ0n) is 14.1. The summed E-state index contributed by atoms with van der Waals surface area (Å²) in [6.07, 6.45) is 0. The molecule has 0 bridgehead atoms. The Morgan fingerprint density at radius 1 is 1.04 bits per heavy atom. The first-order valence-electron chi connectivity index (χ1n) is 8.10. The van der Waals surface area contributed by atoms with E-state index in [4.69, 9.17) is 5.73 Å². The second-order valence-corrected chi connectivity index (χ2v) is 6.91. The van der Waals surface area contributed by atoms with Crippen molar-refractivity contribution >= 4 is 39.0 Å². The lowest BCUT2D eigenvalue weighted by atomic mass is 10.2. The second kappa shape index (κ2) is 6.57. The number of hydrogen-bond donors (Lipinski definition) is 2. The number of thiophene rings is 1. The Morgan fingerprint density at radius 3 is 2.46 bits per heavy atom. The first kappa shape index (κ1) is 16.2. The molecule has 2 aromatic heterocycles. The largest absolute Gasteiger partial charge is 0.366 e. The number of rotatable bonds is 4. The monoisotopic (exact) mass is 360 g/mol. The quantitative estimate of drug-likeness (QED) is 0.561. The van der Waals surface area contributed by atoms with Gasteiger partial charge >= 0.3 is 0 Å². The fraction of sp³-hybridized carbons (Fsp3) is 0.0500. The highest BCUT2D eigenvalue weighted by Crippen LogP contribution is 2.36. The first-order valence-corrected chi connectivity index (χ1v) is 8.92. The maximum absolute atomic E-state index is 11.2. The maximum atomic E-state index is 11.2. The topological polar surface area (TPSA) is 80.9 Å². The lowest BCUT2D eigenvalue weighted by molar-refractivity contribution is 0.100. The van der Waals surface area contributed by atoms with Gasteiger partial charge in [0.2, 0.25) is 5.91 Å². The summed E-state index contributed by atoms with van der Waals surface area (Å²) >= 11 is 1.64. The Morgan fingerprint density at radius 2 is 1.77 bits per heavy atom. The normalized spacial score (nSPS) is 10.8. The van der Waals surface area contributed by atoms with E-state index in [9.17, 15) is 4.79 Å². The van der Waals surface area contributed by atoms with Gasteiger partial charge in [-0.2, -0.15) is 0 Å². The van der Waals surface area contributed by atoms with Crippen molar-refractivity contribution in [1.29, 1.82) is 0 Å². The van der Waals surface area contributed by atoms with E-state index in [1.807, 2.05) is 37.3 Å². The van der Waals surface area contributed by atoms with Crippen molar-refractivity contribution in [3.05, 3.63) is 72.1 Å². The molecular weight excluding hydrogens is 344 g/mol. The van der Waals surface area contributed by atoms with Crippen molar-refractivity contribution in [2.45, 2.75) is 6.92 Å². The highest BCUT2D eigenvalue weighted by molar-refractivity contribution is 7.21. The van der Waals surface area contributed by atoms with Crippen LogP contribution in [0.5, 0.6) is 0 Å². The van der Waals surface area contributed by atoms with Crippen LogP contribution in [0.15, 0.2) is 60.7 Å². The zero-order valence-corrected chi connectivity index (χ0v) is 14.9. The van der Waals surface area contributed by atoms with Crippen LogP contribution in [0.25, 0.3) is 20.7 Å². The van der Waals surface area contributed by atoms with E-state index in [1.54, 1.807) is 23.5 Å². The molecule has 0 unspecified atom stereocenters. The molecule has 0 aliphatic carbocycles. The van der Waals surface area contributed by atoms with Crippen molar-refractivity contribution in [2.75, 3.05) is 5.32 Å². The number of amides is 1. The van der Waals surface area contributed by atoms with Gasteiger partial charge < -0.3 is 11.1 Å². The summed E-state index contributed by atoms with van der Waals surface area (Å²) in [7, 11) is 0. The fourth-order valence-electron chi connectivity index (χ4n) is 2.72. The molecule has 1 amide bonds. The van der Waals surface area contributed by atoms with Crippen LogP contribution in [0.3, 0.4) is 0 Å². The minimum atomic E-state index is -0.442. The molecule has 128 valence electrons. The molecule has 0 saturated heterocycles. The van der Waals surface area contributed by atoms with Gasteiger partial charge in [0, 0.05) is 16.1 Å². The third kappa shape index (κ3) is 3.14. The predicted molar refractivity (Wildman–Crippen MR) is 106 cm³/mol. The number of carbonyl (C=O) groups excluding carboxylic acids is 1. The Hall–Kier alpha value is -3.25. The Bertz CT molecular complexity index is 1090. The van der Waals surface area contributed by atoms with E-state index in [-0.39, 0.29) is 0 Å². The van der Waals surface area contributed by atoms with Gasteiger partial charge in [-0.25, -0.2) is 9.97 Å². The third-order valence-electron chi connectivity index (χ3n) is 4.00. The number of anilines is 2. The summed E-state index contributed by atoms with van der Waals surface area (Å²) in [5.41, 5.74) is 7.76. The summed E-state index contributed by atoms with van der Waals surface area (Å²) in [5.74, 6) is 1.01. The number of nitrogens with zero attached hydrogens (tertiary/aromatic N) is 2. The highest BCUT2D eigenvalue weighted by Gasteiger charge is 2.12. The number of nitrogens with two attached hydrogens (primary N) is 1. The molecule has 6 heteroatoms. The number of aromatic nitrogens is 2. The molecule has 0 aliphatic heterocycles. The minimum Gasteiger partial charge on any atom is -0.366 e. The molecular formula is C20H16N4OS. The molecule has 26 heavy (non-hydrogen) atoms. The van der Waals surface area contributed by atoms with Crippen LogP contribution in [-0.2, 0) is 0 Å². The summed E-state index contributed by atoms with van der Waals surface area (Å²) in [5, 5.41) is 4.29. The summed E-state index contributed by atoms with van der Waals surface area (Å²) in [6, 6.07) is 19.3. The number of carbonyl (C=O) groups is 1. The van der Waals surface area contributed by atoms with E-state index in [0.29, 0.717) is 11.4 Å². The van der Waals surface area contributed by atoms with E-state index < -0.39 is 5.91 Å². The number of benzene rings is 2. The first-order chi connectivity index (χ1) is 12.6. The standard InChI is InChI=1S/C20H16N4OS/c1-12-22-19(24-15-9-7-14(8-10-15)18(21)25)16-11-17(26-20(16)23-12)13-5-3-2-4-6-13/h2-11H,1H3,(H2,21,25)(H,22,23,24). The predicted octanol–water partition coefficient (Wildman–Crippen LogP) is 4.51. The molecule has 4 rings (SSSR count). The van der Waals surface area contributed by atoms with E-state index in [0.717, 1.165) is 32.2 Å². The van der Waals surface area contributed by atoms with Crippen LogP contribution >= 0.6 is 11.3 Å². The van der Waals surface area contributed by atoms with Crippen LogP contribution in [0.2, 0.25) is 0 Å². The maximum Gasteiger partial charge on any atom is 0.248 e. The highest BCUT2D eigenvalue weighted by atomic mass is 32.1. The summed E-state index contributed by atoms with van der Waals surface area (Å²) in [4.78, 5) is 22.4. The van der Waals surface area contributed by atoms with E-state index in [2.05, 4.69) is 33.5 Å². The molecule has 0 spiro atoms. The van der Waals surface area contributed by atoms with Crippen LogP contribution in [0, 0.1) is 6.92 Å². The molecule has 4 aromatic rings. The zero-order chi connectivity index (χ0) is 18.1. The van der Waals surface area contributed by atoms with Crippen molar-refractivity contribution in [2.24, 2.45) is 5.73 Å². The Balaban J connectivity index is 1.74. The van der Waals surface area contributed by atoms with Gasteiger partial charge in [0.1, 0.15) is 16.5 Å². The second-order valence-electron chi connectivity index (χ2n) is 5.88. The average Bonchev–Trinajstić information content (AvgIpc) is 3.07. The SMILES string of the molecule is Cc1nc(Nc2ccc(C(N)=O)cc2)c2cc(-c3ccccc3)sc2n1. The molecule has 5 nitrogen and oxygen atoms in total. The number of nitrogens with one attached hydrogen (secondary N) is 1.